The lowest BCUT2D eigenvalue weighted by atomic mass is 10.2. The molecule has 8 heteroatoms. The molecule has 0 aliphatic heterocycles. The number of carbonyl (C=O) groups is 1. The highest BCUT2D eigenvalue weighted by atomic mass is 32.2. The lowest BCUT2D eigenvalue weighted by Crippen LogP contribution is -2.36. The second-order valence-corrected chi connectivity index (χ2v) is 6.31. The Balaban J connectivity index is 1.99. The molecule has 0 bridgehead atoms. The standard InChI is InChI=1S/C14H15NO6S/c1-10(15-22(18,19)11-6-7-20-9-11)8-21-13-5-3-2-4-12(13)14(16)17/h2-7,9-10,15H,8H2,1H3,(H,16,17). The summed E-state index contributed by atoms with van der Waals surface area (Å²) in [6.07, 6.45) is 2.38. The van der Waals surface area contributed by atoms with Crippen molar-refractivity contribution < 1.29 is 27.5 Å². The molecule has 2 rings (SSSR count). The van der Waals surface area contributed by atoms with Gasteiger partial charge in [-0.2, -0.15) is 0 Å². The second-order valence-electron chi connectivity index (χ2n) is 4.59. The predicted octanol–water partition coefficient (Wildman–Crippen LogP) is 1.72. The lowest BCUT2D eigenvalue weighted by molar-refractivity contribution is 0.0691. The van der Waals surface area contributed by atoms with E-state index in [1.807, 2.05) is 0 Å². The number of benzene rings is 1. The molecule has 118 valence electrons. The van der Waals surface area contributed by atoms with Gasteiger partial charge in [-0.1, -0.05) is 12.1 Å². The molecule has 0 fully saturated rings. The molecule has 0 amide bonds. The Hall–Kier alpha value is -2.32. The highest BCUT2D eigenvalue weighted by Crippen LogP contribution is 2.18. The summed E-state index contributed by atoms with van der Waals surface area (Å²) in [7, 11) is -3.69. The van der Waals surface area contributed by atoms with Crippen LogP contribution in [0.5, 0.6) is 5.75 Å². The van der Waals surface area contributed by atoms with E-state index in [1.165, 1.54) is 24.5 Å². The fraction of sp³-hybridized carbons (Fsp3) is 0.214. The minimum absolute atomic E-state index is 0.0125. The molecular weight excluding hydrogens is 310 g/mol. The monoisotopic (exact) mass is 325 g/mol. The van der Waals surface area contributed by atoms with Gasteiger partial charge < -0.3 is 14.3 Å². The van der Waals surface area contributed by atoms with Crippen molar-refractivity contribution in [3.05, 3.63) is 48.4 Å². The van der Waals surface area contributed by atoms with Gasteiger partial charge in [-0.15, -0.1) is 0 Å². The van der Waals surface area contributed by atoms with Crippen molar-refractivity contribution in [3.8, 4) is 5.75 Å². The van der Waals surface area contributed by atoms with Crippen LogP contribution in [-0.2, 0) is 10.0 Å². The lowest BCUT2D eigenvalue weighted by Gasteiger charge is -2.15. The maximum atomic E-state index is 12.0. The van der Waals surface area contributed by atoms with Gasteiger partial charge in [0.2, 0.25) is 10.0 Å². The first-order chi connectivity index (χ1) is 10.4. The number of sulfonamides is 1. The third kappa shape index (κ3) is 3.86. The molecular formula is C14H15NO6S. The maximum Gasteiger partial charge on any atom is 0.339 e. The van der Waals surface area contributed by atoms with Gasteiger partial charge in [0.1, 0.15) is 29.1 Å². The fourth-order valence-electron chi connectivity index (χ4n) is 1.76. The molecule has 0 aliphatic carbocycles. The SMILES string of the molecule is CC(COc1ccccc1C(=O)O)NS(=O)(=O)c1ccoc1. The van der Waals surface area contributed by atoms with Gasteiger partial charge >= 0.3 is 5.97 Å². The van der Waals surface area contributed by atoms with Crippen LogP contribution < -0.4 is 9.46 Å². The zero-order chi connectivity index (χ0) is 16.2. The Morgan fingerprint density at radius 2 is 2.09 bits per heavy atom. The molecule has 1 atom stereocenters. The summed E-state index contributed by atoms with van der Waals surface area (Å²) < 4.78 is 36.5. The Kier molecular flexibility index (Phi) is 4.84. The van der Waals surface area contributed by atoms with Crippen LogP contribution in [0.4, 0.5) is 0 Å². The minimum atomic E-state index is -3.69. The van der Waals surface area contributed by atoms with Gasteiger partial charge in [-0.05, 0) is 25.1 Å². The zero-order valence-corrected chi connectivity index (χ0v) is 12.5. The molecule has 0 saturated carbocycles. The third-order valence-corrected chi connectivity index (χ3v) is 4.33. The number of carboxylic acid groups (broad SMARTS) is 1. The number of rotatable bonds is 7. The second kappa shape index (κ2) is 6.63. The summed E-state index contributed by atoms with van der Waals surface area (Å²) in [5.41, 5.74) is 0.0207. The summed E-state index contributed by atoms with van der Waals surface area (Å²) in [5.74, 6) is -0.924. The van der Waals surface area contributed by atoms with E-state index < -0.39 is 22.0 Å². The van der Waals surface area contributed by atoms with Crippen LogP contribution in [-0.4, -0.2) is 32.1 Å². The molecule has 22 heavy (non-hydrogen) atoms. The number of furan rings is 1. The van der Waals surface area contributed by atoms with Crippen LogP contribution in [0.3, 0.4) is 0 Å². The van der Waals surface area contributed by atoms with Crippen molar-refractivity contribution in [1.82, 2.24) is 4.72 Å². The van der Waals surface area contributed by atoms with Crippen LogP contribution >= 0.6 is 0 Å². The van der Waals surface area contributed by atoms with E-state index >= 15 is 0 Å². The van der Waals surface area contributed by atoms with Crippen molar-refractivity contribution in [2.24, 2.45) is 0 Å². The minimum Gasteiger partial charge on any atom is -0.491 e. The molecule has 0 saturated heterocycles. The number of nitrogens with one attached hydrogen (secondary N) is 1. The Labute approximate surface area is 127 Å². The number of aromatic carboxylic acids is 1. The maximum absolute atomic E-state index is 12.0. The van der Waals surface area contributed by atoms with E-state index in [-0.39, 0.29) is 22.8 Å². The molecule has 1 aromatic carbocycles. The van der Waals surface area contributed by atoms with Crippen molar-refractivity contribution in [3.63, 3.8) is 0 Å². The third-order valence-electron chi connectivity index (χ3n) is 2.77. The summed E-state index contributed by atoms with van der Waals surface area (Å²) >= 11 is 0. The van der Waals surface area contributed by atoms with E-state index in [1.54, 1.807) is 19.1 Å². The number of para-hydroxylation sites is 1. The molecule has 1 aromatic heterocycles. The van der Waals surface area contributed by atoms with Crippen molar-refractivity contribution >= 4 is 16.0 Å². The zero-order valence-electron chi connectivity index (χ0n) is 11.7. The predicted molar refractivity (Wildman–Crippen MR) is 77.4 cm³/mol. The number of hydrogen-bond donors (Lipinski definition) is 2. The van der Waals surface area contributed by atoms with Gasteiger partial charge in [0.25, 0.3) is 0 Å². The van der Waals surface area contributed by atoms with Gasteiger partial charge in [0, 0.05) is 0 Å². The average Bonchev–Trinajstić information content (AvgIpc) is 3.00. The van der Waals surface area contributed by atoms with Crippen LogP contribution in [0.2, 0.25) is 0 Å². The van der Waals surface area contributed by atoms with Gasteiger partial charge in [0.15, 0.2) is 0 Å². The highest BCUT2D eigenvalue weighted by molar-refractivity contribution is 7.89. The molecule has 1 heterocycles. The summed E-state index contributed by atoms with van der Waals surface area (Å²) in [6, 6.07) is 6.93. The topological polar surface area (TPSA) is 106 Å². The van der Waals surface area contributed by atoms with Crippen LogP contribution in [0.15, 0.2) is 52.2 Å². The molecule has 2 aromatic rings. The Morgan fingerprint density at radius 1 is 1.36 bits per heavy atom. The molecule has 7 nitrogen and oxygen atoms in total. The Bertz CT molecular complexity index is 738. The summed E-state index contributed by atoms with van der Waals surface area (Å²) in [5, 5.41) is 9.04. The molecule has 0 spiro atoms. The van der Waals surface area contributed by atoms with Crippen molar-refractivity contribution in [1.29, 1.82) is 0 Å². The summed E-state index contributed by atoms with van der Waals surface area (Å²) in [4.78, 5) is 11.1. The number of hydrogen-bond acceptors (Lipinski definition) is 5. The van der Waals surface area contributed by atoms with Crippen molar-refractivity contribution in [2.45, 2.75) is 17.9 Å². The van der Waals surface area contributed by atoms with Gasteiger partial charge in [-0.3, -0.25) is 0 Å². The van der Waals surface area contributed by atoms with E-state index in [9.17, 15) is 13.2 Å². The first kappa shape index (κ1) is 16.1. The Morgan fingerprint density at radius 3 is 2.73 bits per heavy atom. The smallest absolute Gasteiger partial charge is 0.339 e. The number of ether oxygens (including phenoxy) is 1. The molecule has 1 unspecified atom stereocenters. The molecule has 0 radical (unpaired) electrons. The van der Waals surface area contributed by atoms with Crippen LogP contribution in [0, 0.1) is 0 Å². The van der Waals surface area contributed by atoms with Crippen LogP contribution in [0.1, 0.15) is 17.3 Å². The van der Waals surface area contributed by atoms with Gasteiger partial charge in [0.05, 0.1) is 12.3 Å². The van der Waals surface area contributed by atoms with E-state index in [0.717, 1.165) is 6.26 Å². The van der Waals surface area contributed by atoms with E-state index in [4.69, 9.17) is 14.3 Å². The molecule has 0 aliphatic rings. The average molecular weight is 325 g/mol. The van der Waals surface area contributed by atoms with E-state index in [2.05, 4.69) is 4.72 Å². The quantitative estimate of drug-likeness (QED) is 0.803. The summed E-state index contributed by atoms with van der Waals surface area (Å²) in [6.45, 7) is 1.60. The largest absolute Gasteiger partial charge is 0.491 e. The first-order valence-electron chi connectivity index (χ1n) is 6.40. The normalized spacial score (nSPS) is 12.8. The fourth-order valence-corrected chi connectivity index (χ4v) is 2.91. The number of carboxylic acids is 1. The van der Waals surface area contributed by atoms with Crippen molar-refractivity contribution in [2.75, 3.05) is 6.61 Å². The molecule has 2 N–H and O–H groups in total. The van der Waals surface area contributed by atoms with Crippen LogP contribution in [0.25, 0.3) is 0 Å². The van der Waals surface area contributed by atoms with E-state index in [0.29, 0.717) is 0 Å². The highest BCUT2D eigenvalue weighted by Gasteiger charge is 2.19. The van der Waals surface area contributed by atoms with Gasteiger partial charge in [-0.25, -0.2) is 17.9 Å². The first-order valence-corrected chi connectivity index (χ1v) is 7.88.